The molecule has 4 aromatic rings. The van der Waals surface area contributed by atoms with Crippen LogP contribution in [0.2, 0.25) is 0 Å². The molecule has 8 heteroatoms. The number of para-hydroxylation sites is 1. The molecule has 1 aliphatic rings. The Morgan fingerprint density at radius 3 is 2.76 bits per heavy atom. The van der Waals surface area contributed by atoms with Crippen LogP contribution in [0.5, 0.6) is 0 Å². The number of carbonyl (C=O) groups excluding carboxylic acids is 1. The summed E-state index contributed by atoms with van der Waals surface area (Å²) in [4.78, 5) is 32.7. The second kappa shape index (κ2) is 8.27. The van der Waals surface area contributed by atoms with E-state index >= 15 is 0 Å². The van der Waals surface area contributed by atoms with E-state index < -0.39 is 0 Å². The first kappa shape index (κ1) is 21.1. The number of nitrogens with zero attached hydrogens (tertiary/aromatic N) is 5. The van der Waals surface area contributed by atoms with Gasteiger partial charge < -0.3 is 4.90 Å². The first-order valence-corrected chi connectivity index (χ1v) is 11.0. The van der Waals surface area contributed by atoms with Crippen LogP contribution in [0.3, 0.4) is 0 Å². The lowest BCUT2D eigenvalue weighted by atomic mass is 9.96. The fourth-order valence-electron chi connectivity index (χ4n) is 4.56. The topological polar surface area (TPSA) is 73.0 Å². The molecule has 1 unspecified atom stereocenters. The number of carbonyl (C=O) groups is 1. The van der Waals surface area contributed by atoms with Crippen molar-refractivity contribution in [3.63, 3.8) is 0 Å². The highest BCUT2D eigenvalue weighted by atomic mass is 19.1. The first-order chi connectivity index (χ1) is 15.9. The molecule has 0 fully saturated rings. The maximum Gasteiger partial charge on any atom is 0.264 e. The summed E-state index contributed by atoms with van der Waals surface area (Å²) in [6.07, 6.45) is 3.17. The maximum absolute atomic E-state index is 13.7. The van der Waals surface area contributed by atoms with E-state index in [9.17, 15) is 14.0 Å². The highest BCUT2D eigenvalue weighted by molar-refractivity contribution is 5.95. The Bertz CT molecular complexity index is 1410. The molecule has 0 spiro atoms. The van der Waals surface area contributed by atoms with Gasteiger partial charge in [-0.15, -0.1) is 0 Å². The van der Waals surface area contributed by atoms with Crippen molar-refractivity contribution in [1.82, 2.24) is 19.3 Å². The molecule has 7 nitrogen and oxygen atoms in total. The summed E-state index contributed by atoms with van der Waals surface area (Å²) in [5, 5.41) is 4.76. The summed E-state index contributed by atoms with van der Waals surface area (Å²) in [6.45, 7) is 3.96. The van der Waals surface area contributed by atoms with Gasteiger partial charge in [-0.1, -0.05) is 18.2 Å². The van der Waals surface area contributed by atoms with Crippen molar-refractivity contribution in [3.8, 4) is 5.69 Å². The van der Waals surface area contributed by atoms with Crippen LogP contribution >= 0.6 is 0 Å². The zero-order valence-electron chi connectivity index (χ0n) is 18.5. The summed E-state index contributed by atoms with van der Waals surface area (Å²) in [7, 11) is 0. The van der Waals surface area contributed by atoms with Crippen LogP contribution in [0, 0.1) is 12.7 Å². The molecule has 2 aromatic heterocycles. The lowest BCUT2D eigenvalue weighted by Crippen LogP contribution is -2.42. The summed E-state index contributed by atoms with van der Waals surface area (Å²) in [5.41, 5.74) is 2.68. The number of aryl methyl sites for hydroxylation is 2. The van der Waals surface area contributed by atoms with Gasteiger partial charge in [0.1, 0.15) is 17.0 Å². The molecule has 0 N–H and O–H groups in total. The molecule has 33 heavy (non-hydrogen) atoms. The fourth-order valence-corrected chi connectivity index (χ4v) is 4.56. The minimum Gasteiger partial charge on any atom is -0.309 e. The minimum absolute atomic E-state index is 0.0120. The first-order valence-electron chi connectivity index (χ1n) is 11.0. The monoisotopic (exact) mass is 445 g/mol. The van der Waals surface area contributed by atoms with Crippen molar-refractivity contribution < 1.29 is 9.18 Å². The number of hydrogen-bond donors (Lipinski definition) is 0. The molecule has 1 aliphatic heterocycles. The lowest BCUT2D eigenvalue weighted by Gasteiger charge is -2.35. The van der Waals surface area contributed by atoms with Crippen LogP contribution in [0.25, 0.3) is 16.7 Å². The largest absolute Gasteiger partial charge is 0.309 e. The number of amides is 1. The molecular formula is C25H24FN5O2. The van der Waals surface area contributed by atoms with Crippen LogP contribution in [0.1, 0.15) is 31.2 Å². The van der Waals surface area contributed by atoms with Gasteiger partial charge in [0, 0.05) is 24.7 Å². The summed E-state index contributed by atoms with van der Waals surface area (Å²) < 4.78 is 16.8. The van der Waals surface area contributed by atoms with E-state index in [1.807, 2.05) is 37.3 Å². The average Bonchev–Trinajstić information content (AvgIpc) is 3.23. The van der Waals surface area contributed by atoms with Crippen molar-refractivity contribution in [2.75, 3.05) is 4.90 Å². The van der Waals surface area contributed by atoms with Gasteiger partial charge in [-0.3, -0.25) is 14.2 Å². The van der Waals surface area contributed by atoms with Gasteiger partial charge in [0.2, 0.25) is 5.91 Å². The van der Waals surface area contributed by atoms with Crippen molar-refractivity contribution in [1.29, 1.82) is 0 Å². The number of hydrogen-bond acceptors (Lipinski definition) is 4. The molecule has 1 atom stereocenters. The molecule has 0 saturated carbocycles. The summed E-state index contributed by atoms with van der Waals surface area (Å²) in [5.74, 6) is 0.127. The highest BCUT2D eigenvalue weighted by Gasteiger charge is 2.28. The zero-order valence-corrected chi connectivity index (χ0v) is 18.5. The number of rotatable bonds is 4. The van der Waals surface area contributed by atoms with Crippen molar-refractivity contribution >= 4 is 22.6 Å². The maximum atomic E-state index is 13.7. The smallest absolute Gasteiger partial charge is 0.264 e. The van der Waals surface area contributed by atoms with E-state index in [0.717, 1.165) is 29.8 Å². The third-order valence-electron chi connectivity index (χ3n) is 6.27. The minimum atomic E-state index is -0.298. The molecular weight excluding hydrogens is 421 g/mol. The van der Waals surface area contributed by atoms with Crippen LogP contribution in [-0.2, 0) is 17.8 Å². The van der Waals surface area contributed by atoms with Gasteiger partial charge in [0.05, 0.1) is 11.9 Å². The Morgan fingerprint density at radius 2 is 1.97 bits per heavy atom. The van der Waals surface area contributed by atoms with Crippen LogP contribution in [-0.4, -0.2) is 31.3 Å². The van der Waals surface area contributed by atoms with E-state index in [-0.39, 0.29) is 36.3 Å². The van der Waals surface area contributed by atoms with Gasteiger partial charge in [-0.05, 0) is 62.6 Å². The van der Waals surface area contributed by atoms with E-state index in [1.165, 1.54) is 22.9 Å². The van der Waals surface area contributed by atoms with E-state index in [0.29, 0.717) is 16.9 Å². The normalized spacial score (nSPS) is 15.6. The molecule has 0 radical (unpaired) electrons. The van der Waals surface area contributed by atoms with Gasteiger partial charge in [0.25, 0.3) is 5.56 Å². The Labute approximate surface area is 190 Å². The lowest BCUT2D eigenvalue weighted by molar-refractivity contribution is -0.119. The fraction of sp³-hybridized carbons (Fsp3) is 0.280. The third-order valence-corrected chi connectivity index (χ3v) is 6.27. The molecule has 0 bridgehead atoms. The second-order valence-electron chi connectivity index (χ2n) is 8.42. The third kappa shape index (κ3) is 3.71. The Morgan fingerprint density at radius 1 is 1.18 bits per heavy atom. The number of benzene rings is 2. The van der Waals surface area contributed by atoms with Crippen molar-refractivity contribution in [2.45, 2.75) is 45.7 Å². The Kier molecular flexibility index (Phi) is 5.28. The molecule has 3 heterocycles. The van der Waals surface area contributed by atoms with E-state index in [2.05, 4.69) is 10.1 Å². The van der Waals surface area contributed by atoms with Gasteiger partial charge in [-0.25, -0.2) is 14.1 Å². The SMILES string of the molecule is Cc1nc2c(cnn2-c2ccccc2)c(=O)n1CCC(=O)N1c2ccc(F)cc2CCC1C. The van der Waals surface area contributed by atoms with E-state index in [1.54, 1.807) is 22.6 Å². The molecule has 2 aromatic carbocycles. The van der Waals surface area contributed by atoms with E-state index in [4.69, 9.17) is 0 Å². The molecule has 168 valence electrons. The second-order valence-corrected chi connectivity index (χ2v) is 8.42. The molecule has 0 saturated heterocycles. The molecule has 5 rings (SSSR count). The highest BCUT2D eigenvalue weighted by Crippen LogP contribution is 2.31. The predicted octanol–water partition coefficient (Wildman–Crippen LogP) is 3.79. The average molecular weight is 445 g/mol. The number of anilines is 1. The van der Waals surface area contributed by atoms with Gasteiger partial charge in [0.15, 0.2) is 5.65 Å². The quantitative estimate of drug-likeness (QED) is 0.479. The number of fused-ring (bicyclic) bond motifs is 2. The summed E-state index contributed by atoms with van der Waals surface area (Å²) in [6, 6.07) is 14.1. The molecule has 0 aliphatic carbocycles. The summed E-state index contributed by atoms with van der Waals surface area (Å²) >= 11 is 0. The van der Waals surface area contributed by atoms with Crippen LogP contribution in [0.15, 0.2) is 59.5 Å². The van der Waals surface area contributed by atoms with Crippen molar-refractivity contribution in [3.05, 3.63) is 82.3 Å². The van der Waals surface area contributed by atoms with Gasteiger partial charge in [-0.2, -0.15) is 5.10 Å². The zero-order chi connectivity index (χ0) is 23.1. The Hall–Kier alpha value is -3.81. The van der Waals surface area contributed by atoms with Crippen LogP contribution < -0.4 is 10.5 Å². The van der Waals surface area contributed by atoms with Gasteiger partial charge >= 0.3 is 0 Å². The Balaban J connectivity index is 1.43. The predicted molar refractivity (Wildman–Crippen MR) is 124 cm³/mol. The number of aromatic nitrogens is 4. The van der Waals surface area contributed by atoms with Crippen molar-refractivity contribution in [2.24, 2.45) is 0 Å². The standard InChI is InChI=1S/C25H24FN5O2/c1-16-8-9-18-14-19(26)10-11-22(18)30(16)23(32)12-13-29-17(2)28-24-21(25(29)33)15-27-31(24)20-6-4-3-5-7-20/h3-7,10-11,14-16H,8-9,12-13H2,1-2H3. The van der Waals surface area contributed by atoms with Crippen LogP contribution in [0.4, 0.5) is 10.1 Å². The number of halogens is 1. The molecule has 1 amide bonds.